The zero-order chi connectivity index (χ0) is 12.5. The standard InChI is InChI=1S/C14H12N2O2/c17-14(18)13-7-12(5-6-15-13)16-8-10-3-1-2-4-11(10)9-16/h1-7H,8-9H2,(H,17,18). The Morgan fingerprint density at radius 1 is 1.17 bits per heavy atom. The van der Waals surface area contributed by atoms with E-state index in [1.165, 1.54) is 11.1 Å². The van der Waals surface area contributed by atoms with E-state index in [2.05, 4.69) is 22.0 Å². The van der Waals surface area contributed by atoms with Crippen LogP contribution in [0.4, 0.5) is 5.69 Å². The highest BCUT2D eigenvalue weighted by atomic mass is 16.4. The summed E-state index contributed by atoms with van der Waals surface area (Å²) in [5.41, 5.74) is 3.58. The van der Waals surface area contributed by atoms with Crippen LogP contribution >= 0.6 is 0 Å². The van der Waals surface area contributed by atoms with Crippen molar-refractivity contribution in [3.63, 3.8) is 0 Å². The molecule has 1 N–H and O–H groups in total. The molecule has 1 aromatic heterocycles. The van der Waals surface area contributed by atoms with Crippen molar-refractivity contribution < 1.29 is 9.90 Å². The van der Waals surface area contributed by atoms with Crippen molar-refractivity contribution in [1.29, 1.82) is 0 Å². The molecular formula is C14H12N2O2. The first-order valence-electron chi connectivity index (χ1n) is 5.75. The summed E-state index contributed by atoms with van der Waals surface area (Å²) < 4.78 is 0. The highest BCUT2D eigenvalue weighted by Crippen LogP contribution is 2.27. The molecule has 2 aromatic rings. The van der Waals surface area contributed by atoms with Crippen LogP contribution in [-0.4, -0.2) is 16.1 Å². The lowest BCUT2D eigenvalue weighted by molar-refractivity contribution is 0.0690. The molecule has 0 saturated carbocycles. The molecule has 4 heteroatoms. The number of hydrogen-bond acceptors (Lipinski definition) is 3. The molecule has 18 heavy (non-hydrogen) atoms. The molecule has 90 valence electrons. The van der Waals surface area contributed by atoms with E-state index in [1.807, 2.05) is 18.2 Å². The third kappa shape index (κ3) is 1.82. The maximum atomic E-state index is 10.9. The highest BCUT2D eigenvalue weighted by molar-refractivity contribution is 5.86. The van der Waals surface area contributed by atoms with Crippen LogP contribution in [0.1, 0.15) is 21.6 Å². The fourth-order valence-corrected chi connectivity index (χ4v) is 2.25. The van der Waals surface area contributed by atoms with E-state index in [9.17, 15) is 4.79 Å². The third-order valence-corrected chi connectivity index (χ3v) is 3.17. The van der Waals surface area contributed by atoms with Gasteiger partial charge in [0.25, 0.3) is 0 Å². The van der Waals surface area contributed by atoms with E-state index < -0.39 is 5.97 Å². The summed E-state index contributed by atoms with van der Waals surface area (Å²) >= 11 is 0. The molecule has 0 saturated heterocycles. The summed E-state index contributed by atoms with van der Waals surface area (Å²) in [7, 11) is 0. The Balaban J connectivity index is 1.90. The van der Waals surface area contributed by atoms with Crippen molar-refractivity contribution in [2.45, 2.75) is 13.1 Å². The summed E-state index contributed by atoms with van der Waals surface area (Å²) in [6.45, 7) is 1.64. The first-order chi connectivity index (χ1) is 8.74. The van der Waals surface area contributed by atoms with Crippen LogP contribution in [0.15, 0.2) is 42.6 Å². The average molecular weight is 240 g/mol. The maximum absolute atomic E-state index is 10.9. The van der Waals surface area contributed by atoms with Gasteiger partial charge in [-0.3, -0.25) is 0 Å². The second-order valence-electron chi connectivity index (χ2n) is 4.33. The minimum Gasteiger partial charge on any atom is -0.477 e. The number of anilines is 1. The number of carboxylic acid groups (broad SMARTS) is 1. The number of carboxylic acids is 1. The van der Waals surface area contributed by atoms with Crippen LogP contribution in [0.25, 0.3) is 0 Å². The lowest BCUT2D eigenvalue weighted by Gasteiger charge is -2.17. The van der Waals surface area contributed by atoms with Crippen molar-refractivity contribution in [1.82, 2.24) is 4.98 Å². The first-order valence-corrected chi connectivity index (χ1v) is 5.75. The van der Waals surface area contributed by atoms with Gasteiger partial charge in [-0.15, -0.1) is 0 Å². The molecule has 4 nitrogen and oxygen atoms in total. The van der Waals surface area contributed by atoms with Crippen molar-refractivity contribution in [3.05, 3.63) is 59.4 Å². The topological polar surface area (TPSA) is 53.4 Å². The molecule has 0 fully saturated rings. The van der Waals surface area contributed by atoms with Crippen LogP contribution in [0.3, 0.4) is 0 Å². The molecule has 0 bridgehead atoms. The second-order valence-corrected chi connectivity index (χ2v) is 4.33. The third-order valence-electron chi connectivity index (χ3n) is 3.17. The Morgan fingerprint density at radius 2 is 1.83 bits per heavy atom. The molecule has 1 aliphatic rings. The normalized spacial score (nSPS) is 13.4. The smallest absolute Gasteiger partial charge is 0.354 e. The number of fused-ring (bicyclic) bond motifs is 1. The van der Waals surface area contributed by atoms with E-state index in [0.29, 0.717) is 0 Å². The van der Waals surface area contributed by atoms with Crippen molar-refractivity contribution >= 4 is 11.7 Å². The predicted octanol–water partition coefficient (Wildman–Crippen LogP) is 2.30. The van der Waals surface area contributed by atoms with E-state index in [0.717, 1.165) is 18.8 Å². The number of hydrogen-bond donors (Lipinski definition) is 1. The van der Waals surface area contributed by atoms with Crippen LogP contribution < -0.4 is 4.90 Å². The minimum absolute atomic E-state index is 0.0865. The zero-order valence-electron chi connectivity index (χ0n) is 9.71. The van der Waals surface area contributed by atoms with E-state index >= 15 is 0 Å². The molecule has 0 radical (unpaired) electrons. The van der Waals surface area contributed by atoms with Gasteiger partial charge in [0.15, 0.2) is 0 Å². The number of carbonyl (C=O) groups is 1. The van der Waals surface area contributed by atoms with Crippen LogP contribution in [-0.2, 0) is 13.1 Å². The molecular weight excluding hydrogens is 228 g/mol. The largest absolute Gasteiger partial charge is 0.477 e. The SMILES string of the molecule is O=C(O)c1cc(N2Cc3ccccc3C2)ccn1. The molecule has 0 amide bonds. The monoisotopic (exact) mass is 240 g/mol. The number of pyridine rings is 1. The van der Waals surface area contributed by atoms with Gasteiger partial charge in [-0.05, 0) is 23.3 Å². The summed E-state index contributed by atoms with van der Waals surface area (Å²) in [6.07, 6.45) is 1.54. The Kier molecular flexibility index (Phi) is 2.48. The van der Waals surface area contributed by atoms with Crippen molar-refractivity contribution in [2.75, 3.05) is 4.90 Å². The Morgan fingerprint density at radius 3 is 2.44 bits per heavy atom. The van der Waals surface area contributed by atoms with Gasteiger partial charge in [0.05, 0.1) is 0 Å². The average Bonchev–Trinajstić information content (AvgIpc) is 2.82. The van der Waals surface area contributed by atoms with Gasteiger partial charge in [0, 0.05) is 25.0 Å². The van der Waals surface area contributed by atoms with E-state index in [4.69, 9.17) is 5.11 Å². The Bertz CT molecular complexity index is 585. The summed E-state index contributed by atoms with van der Waals surface area (Å²) in [4.78, 5) is 16.9. The highest BCUT2D eigenvalue weighted by Gasteiger charge is 2.19. The van der Waals surface area contributed by atoms with E-state index in [-0.39, 0.29) is 5.69 Å². The number of rotatable bonds is 2. The molecule has 0 spiro atoms. The lowest BCUT2D eigenvalue weighted by Crippen LogP contribution is -2.15. The zero-order valence-corrected chi connectivity index (χ0v) is 9.71. The van der Waals surface area contributed by atoms with Gasteiger partial charge in [0.1, 0.15) is 5.69 Å². The summed E-state index contributed by atoms with van der Waals surface area (Å²) in [6, 6.07) is 11.7. The van der Waals surface area contributed by atoms with Crippen molar-refractivity contribution in [2.24, 2.45) is 0 Å². The molecule has 0 atom stereocenters. The molecule has 1 aromatic carbocycles. The van der Waals surface area contributed by atoms with Gasteiger partial charge < -0.3 is 10.0 Å². The fourth-order valence-electron chi connectivity index (χ4n) is 2.25. The number of aromatic carboxylic acids is 1. The molecule has 0 unspecified atom stereocenters. The quantitative estimate of drug-likeness (QED) is 0.875. The van der Waals surface area contributed by atoms with Gasteiger partial charge >= 0.3 is 5.97 Å². The Labute approximate surface area is 105 Å². The number of benzene rings is 1. The van der Waals surface area contributed by atoms with Crippen molar-refractivity contribution in [3.8, 4) is 0 Å². The van der Waals surface area contributed by atoms with Gasteiger partial charge in [0.2, 0.25) is 0 Å². The maximum Gasteiger partial charge on any atom is 0.354 e. The fraction of sp³-hybridized carbons (Fsp3) is 0.143. The van der Waals surface area contributed by atoms with Gasteiger partial charge in [-0.25, -0.2) is 9.78 Å². The molecule has 2 heterocycles. The summed E-state index contributed by atoms with van der Waals surface area (Å²) in [5, 5.41) is 8.94. The van der Waals surface area contributed by atoms with E-state index in [1.54, 1.807) is 12.3 Å². The molecule has 0 aliphatic carbocycles. The number of aromatic nitrogens is 1. The second kappa shape index (κ2) is 4.14. The Hall–Kier alpha value is -2.36. The minimum atomic E-state index is -0.992. The number of nitrogens with zero attached hydrogens (tertiary/aromatic N) is 2. The molecule has 1 aliphatic heterocycles. The van der Waals surface area contributed by atoms with Crippen LogP contribution in [0, 0.1) is 0 Å². The van der Waals surface area contributed by atoms with Gasteiger partial charge in [-0.1, -0.05) is 24.3 Å². The van der Waals surface area contributed by atoms with Crippen LogP contribution in [0.5, 0.6) is 0 Å². The van der Waals surface area contributed by atoms with Gasteiger partial charge in [-0.2, -0.15) is 0 Å². The molecule has 3 rings (SSSR count). The lowest BCUT2D eigenvalue weighted by atomic mass is 10.1. The van der Waals surface area contributed by atoms with Crippen LogP contribution in [0.2, 0.25) is 0 Å². The first kappa shape index (κ1) is 10.8. The predicted molar refractivity (Wildman–Crippen MR) is 67.5 cm³/mol. The summed E-state index contributed by atoms with van der Waals surface area (Å²) in [5.74, 6) is -0.992.